The number of para-hydroxylation sites is 1. The minimum atomic E-state index is 0.647. The number of nitrogens with zero attached hydrogens (tertiary/aromatic N) is 4. The molecular formula is C51H30N4S2. The van der Waals surface area contributed by atoms with E-state index in [0.717, 1.165) is 44.2 Å². The second-order valence-electron chi connectivity index (χ2n) is 14.4. The first-order valence-corrected chi connectivity index (χ1v) is 20.7. The number of hydrogen-bond acceptors (Lipinski definition) is 5. The maximum atomic E-state index is 5.41. The maximum absolute atomic E-state index is 5.41. The predicted octanol–water partition coefficient (Wildman–Crippen LogP) is 14.4. The first-order valence-electron chi connectivity index (χ1n) is 19.0. The first kappa shape index (κ1) is 32.3. The van der Waals surface area contributed by atoms with Crippen LogP contribution in [0.2, 0.25) is 0 Å². The van der Waals surface area contributed by atoms with Crippen molar-refractivity contribution in [2.75, 3.05) is 0 Å². The average molecular weight is 763 g/mol. The van der Waals surface area contributed by atoms with Gasteiger partial charge in [-0.3, -0.25) is 0 Å². The maximum Gasteiger partial charge on any atom is 0.164 e. The van der Waals surface area contributed by atoms with Gasteiger partial charge in [0.2, 0.25) is 0 Å². The predicted molar refractivity (Wildman–Crippen MR) is 242 cm³/mol. The lowest BCUT2D eigenvalue weighted by Gasteiger charge is -2.12. The van der Waals surface area contributed by atoms with Gasteiger partial charge in [0.05, 0.1) is 11.0 Å². The van der Waals surface area contributed by atoms with Gasteiger partial charge in [0.1, 0.15) is 0 Å². The van der Waals surface area contributed by atoms with Crippen molar-refractivity contribution in [3.8, 4) is 51.0 Å². The molecule has 12 rings (SSSR count). The van der Waals surface area contributed by atoms with E-state index in [9.17, 15) is 0 Å². The van der Waals surface area contributed by atoms with Crippen LogP contribution in [0.5, 0.6) is 0 Å². The average Bonchev–Trinajstić information content (AvgIpc) is 3.96. The summed E-state index contributed by atoms with van der Waals surface area (Å²) in [6.45, 7) is 0. The van der Waals surface area contributed by atoms with Crippen molar-refractivity contribution in [2.24, 2.45) is 0 Å². The van der Waals surface area contributed by atoms with E-state index in [4.69, 9.17) is 15.0 Å². The zero-order chi connectivity index (χ0) is 37.5. The molecule has 0 N–H and O–H groups in total. The zero-order valence-electron chi connectivity index (χ0n) is 30.4. The van der Waals surface area contributed by atoms with Crippen LogP contribution in [0, 0.1) is 0 Å². The molecule has 0 radical (unpaired) electrons. The summed E-state index contributed by atoms with van der Waals surface area (Å²) in [4.78, 5) is 16.1. The summed E-state index contributed by atoms with van der Waals surface area (Å²) in [7, 11) is 0. The fraction of sp³-hybridized carbons (Fsp3) is 0. The van der Waals surface area contributed by atoms with Crippen LogP contribution in [-0.2, 0) is 0 Å². The van der Waals surface area contributed by atoms with E-state index in [2.05, 4.69) is 187 Å². The van der Waals surface area contributed by atoms with Crippen molar-refractivity contribution >= 4 is 84.8 Å². The van der Waals surface area contributed by atoms with E-state index in [1.54, 1.807) is 11.3 Å². The quantitative estimate of drug-likeness (QED) is 0.175. The molecule has 12 aromatic rings. The number of fused-ring (bicyclic) bond motifs is 9. The van der Waals surface area contributed by atoms with Gasteiger partial charge < -0.3 is 4.57 Å². The molecule has 57 heavy (non-hydrogen) atoms. The molecule has 0 saturated carbocycles. The molecule has 6 heteroatoms. The summed E-state index contributed by atoms with van der Waals surface area (Å²) in [6.07, 6.45) is 0. The molecule has 0 spiro atoms. The van der Waals surface area contributed by atoms with Crippen LogP contribution in [0.4, 0.5) is 0 Å². The highest BCUT2D eigenvalue weighted by atomic mass is 32.1. The lowest BCUT2D eigenvalue weighted by molar-refractivity contribution is 1.08. The van der Waals surface area contributed by atoms with Crippen molar-refractivity contribution in [3.05, 3.63) is 182 Å². The molecule has 0 fully saturated rings. The fourth-order valence-electron chi connectivity index (χ4n) is 8.51. The Labute approximate surface area is 335 Å². The monoisotopic (exact) mass is 762 g/mol. The number of benzene rings is 8. The molecule has 0 saturated heterocycles. The van der Waals surface area contributed by atoms with Crippen LogP contribution in [0.1, 0.15) is 0 Å². The van der Waals surface area contributed by atoms with E-state index in [-0.39, 0.29) is 0 Å². The highest BCUT2D eigenvalue weighted by Gasteiger charge is 2.21. The van der Waals surface area contributed by atoms with Gasteiger partial charge in [-0.2, -0.15) is 0 Å². The number of rotatable bonds is 5. The van der Waals surface area contributed by atoms with E-state index >= 15 is 0 Å². The van der Waals surface area contributed by atoms with Gasteiger partial charge in [-0.1, -0.05) is 121 Å². The minimum Gasteiger partial charge on any atom is -0.309 e. The van der Waals surface area contributed by atoms with Crippen LogP contribution in [0.25, 0.3) is 113 Å². The normalized spacial score (nSPS) is 11.9. The summed E-state index contributed by atoms with van der Waals surface area (Å²) >= 11 is 3.62. The minimum absolute atomic E-state index is 0.647. The van der Waals surface area contributed by atoms with Crippen LogP contribution in [0.15, 0.2) is 182 Å². The van der Waals surface area contributed by atoms with E-state index in [1.165, 1.54) is 51.5 Å². The van der Waals surface area contributed by atoms with Gasteiger partial charge >= 0.3 is 0 Å². The number of hydrogen-bond donors (Lipinski definition) is 0. The SMILES string of the molecule is c1ccc(-c2cccc(-n3c4ccccc4c4c(-c5nc(-c6ccc7sc8ccccc8c7c6)nc(-c6cccc7sc8ccccc8c67)n5)cccc43)c2)cc1. The highest BCUT2D eigenvalue weighted by Crippen LogP contribution is 2.43. The second kappa shape index (κ2) is 12.8. The molecule has 8 aromatic carbocycles. The molecule has 4 nitrogen and oxygen atoms in total. The summed E-state index contributed by atoms with van der Waals surface area (Å²) in [6, 6.07) is 64.9. The van der Waals surface area contributed by atoms with Crippen molar-refractivity contribution in [1.82, 2.24) is 19.5 Å². The van der Waals surface area contributed by atoms with E-state index in [0.29, 0.717) is 17.5 Å². The molecule has 266 valence electrons. The summed E-state index contributed by atoms with van der Waals surface area (Å²) in [5.41, 5.74) is 8.62. The van der Waals surface area contributed by atoms with Crippen LogP contribution >= 0.6 is 22.7 Å². The molecule has 0 aliphatic heterocycles. The first-order chi connectivity index (χ1) is 28.2. The Balaban J connectivity index is 1.13. The van der Waals surface area contributed by atoms with Gasteiger partial charge in [-0.15, -0.1) is 22.7 Å². The Bertz CT molecular complexity index is 3540. The Kier molecular flexibility index (Phi) is 7.24. The van der Waals surface area contributed by atoms with Gasteiger partial charge in [-0.25, -0.2) is 15.0 Å². The molecule has 0 unspecified atom stereocenters. The topological polar surface area (TPSA) is 43.6 Å². The smallest absolute Gasteiger partial charge is 0.164 e. The van der Waals surface area contributed by atoms with Crippen molar-refractivity contribution < 1.29 is 0 Å². The molecule has 0 bridgehead atoms. The van der Waals surface area contributed by atoms with Gasteiger partial charge in [-0.05, 0) is 71.8 Å². The molecule has 0 aliphatic rings. The van der Waals surface area contributed by atoms with Crippen LogP contribution < -0.4 is 0 Å². The third-order valence-electron chi connectivity index (χ3n) is 11.1. The van der Waals surface area contributed by atoms with E-state index in [1.807, 2.05) is 11.3 Å². The summed E-state index contributed by atoms with van der Waals surface area (Å²) in [5.74, 6) is 1.96. The van der Waals surface area contributed by atoms with Crippen molar-refractivity contribution in [2.45, 2.75) is 0 Å². The largest absolute Gasteiger partial charge is 0.309 e. The number of thiophene rings is 2. The molecular weight excluding hydrogens is 733 g/mol. The van der Waals surface area contributed by atoms with Gasteiger partial charge in [0.15, 0.2) is 17.5 Å². The Morgan fingerprint density at radius 2 is 0.912 bits per heavy atom. The lowest BCUT2D eigenvalue weighted by Crippen LogP contribution is -2.01. The third kappa shape index (κ3) is 5.15. The van der Waals surface area contributed by atoms with Gasteiger partial charge in [0.25, 0.3) is 0 Å². The fourth-order valence-corrected chi connectivity index (χ4v) is 10.7. The highest BCUT2D eigenvalue weighted by molar-refractivity contribution is 7.26. The Morgan fingerprint density at radius 1 is 0.333 bits per heavy atom. The molecule has 0 amide bonds. The molecule has 0 aliphatic carbocycles. The van der Waals surface area contributed by atoms with Crippen LogP contribution in [-0.4, -0.2) is 19.5 Å². The standard InChI is InChI=1S/C51H30N4S2/c1-2-13-31(14-3-1)32-15-10-16-34(29-32)55-41-22-7-4-18-36(41)47-38(20-11-23-42(47)55)50-52-49(33-27-28-45-40(30-33)35-17-5-8-24-43(35)56-45)53-51(54-50)39-21-12-26-46-48(39)37-19-6-9-25-44(37)57-46/h1-30H. The lowest BCUT2D eigenvalue weighted by atomic mass is 10.0. The zero-order valence-corrected chi connectivity index (χ0v) is 32.1. The summed E-state index contributed by atoms with van der Waals surface area (Å²) < 4.78 is 7.36. The molecule has 4 aromatic heterocycles. The van der Waals surface area contributed by atoms with Crippen molar-refractivity contribution in [3.63, 3.8) is 0 Å². The Morgan fingerprint density at radius 3 is 1.75 bits per heavy atom. The Hall–Kier alpha value is -6.99. The van der Waals surface area contributed by atoms with E-state index < -0.39 is 0 Å². The summed E-state index contributed by atoms with van der Waals surface area (Å²) in [5, 5.41) is 7.11. The molecule has 4 heterocycles. The van der Waals surface area contributed by atoms with Crippen LogP contribution in [0.3, 0.4) is 0 Å². The third-order valence-corrected chi connectivity index (χ3v) is 13.4. The molecule has 0 atom stereocenters. The number of aromatic nitrogens is 4. The van der Waals surface area contributed by atoms with Gasteiger partial charge in [0, 0.05) is 73.5 Å². The van der Waals surface area contributed by atoms with Crippen molar-refractivity contribution in [1.29, 1.82) is 0 Å². The second-order valence-corrected chi connectivity index (χ2v) is 16.5.